The summed E-state index contributed by atoms with van der Waals surface area (Å²) < 4.78 is 12.7. The first-order valence-corrected chi connectivity index (χ1v) is 9.16. The zero-order valence-electron chi connectivity index (χ0n) is 16.8. The number of nitrogens with zero attached hydrogens (tertiary/aromatic N) is 3. The lowest BCUT2D eigenvalue weighted by Crippen LogP contribution is -2.46. The summed E-state index contributed by atoms with van der Waals surface area (Å²) in [5.41, 5.74) is 1.55. The van der Waals surface area contributed by atoms with E-state index in [2.05, 4.69) is 27.3 Å². The van der Waals surface area contributed by atoms with Crippen molar-refractivity contribution >= 4 is 11.8 Å². The maximum absolute atomic E-state index is 11.9. The molecule has 1 aliphatic heterocycles. The number of pyridine rings is 1. The van der Waals surface area contributed by atoms with Gasteiger partial charge in [-0.2, -0.15) is 0 Å². The third-order valence-electron chi connectivity index (χ3n) is 4.49. The average molecular weight is 364 g/mol. The van der Waals surface area contributed by atoms with Gasteiger partial charge < -0.3 is 24.3 Å². The van der Waals surface area contributed by atoms with Gasteiger partial charge in [-0.05, 0) is 46.6 Å². The van der Waals surface area contributed by atoms with Gasteiger partial charge in [-0.1, -0.05) is 0 Å². The fourth-order valence-corrected chi connectivity index (χ4v) is 3.04. The van der Waals surface area contributed by atoms with Crippen LogP contribution in [0.25, 0.3) is 0 Å². The number of aromatic nitrogens is 1. The second-order valence-corrected chi connectivity index (χ2v) is 7.62. The third-order valence-corrected chi connectivity index (χ3v) is 4.49. The van der Waals surface area contributed by atoms with Crippen LogP contribution in [-0.4, -0.2) is 49.6 Å². The molecule has 1 amide bonds. The van der Waals surface area contributed by atoms with E-state index < -0.39 is 5.60 Å². The van der Waals surface area contributed by atoms with E-state index >= 15 is 0 Å². The number of alkyl carbamates (subject to hydrolysis) is 1. The third kappa shape index (κ3) is 5.49. The summed E-state index contributed by atoms with van der Waals surface area (Å²) in [6.07, 6.45) is 3.39. The van der Waals surface area contributed by atoms with Crippen LogP contribution in [0, 0.1) is 0 Å². The lowest BCUT2D eigenvalue weighted by Gasteiger charge is -2.34. The fourth-order valence-electron chi connectivity index (χ4n) is 3.04. The van der Waals surface area contributed by atoms with E-state index in [1.807, 2.05) is 38.5 Å². The van der Waals surface area contributed by atoms with E-state index in [4.69, 9.17) is 9.47 Å². The van der Waals surface area contributed by atoms with Gasteiger partial charge in [0, 0.05) is 51.2 Å². The summed E-state index contributed by atoms with van der Waals surface area (Å²) in [7, 11) is 3.47. The number of hydrogen-bond acceptors (Lipinski definition) is 5. The van der Waals surface area contributed by atoms with Gasteiger partial charge in [0.2, 0.25) is 0 Å². The molecule has 26 heavy (non-hydrogen) atoms. The highest BCUT2D eigenvalue weighted by atomic mass is 16.6. The Morgan fingerprint density at radius 3 is 2.54 bits per heavy atom. The molecule has 0 aliphatic carbocycles. The number of amides is 1. The normalized spacial score (nSPS) is 17.9. The lowest BCUT2D eigenvalue weighted by molar-refractivity contribution is 0.0497. The molecule has 7 nitrogen and oxygen atoms in total. The van der Waals surface area contributed by atoms with Crippen molar-refractivity contribution < 1.29 is 14.3 Å². The Bertz CT molecular complexity index is 670. The molecule has 1 aliphatic rings. The van der Waals surface area contributed by atoms with E-state index in [0.29, 0.717) is 0 Å². The summed E-state index contributed by atoms with van der Waals surface area (Å²) in [4.78, 5) is 18.6. The van der Waals surface area contributed by atoms with Gasteiger partial charge in [-0.15, -0.1) is 0 Å². The quantitative estimate of drug-likeness (QED) is 0.892. The first-order valence-electron chi connectivity index (χ1n) is 9.16. The Kier molecular flexibility index (Phi) is 6.69. The minimum Gasteiger partial charge on any atom is -0.444 e. The summed E-state index contributed by atoms with van der Waals surface area (Å²) >= 11 is 0. The maximum atomic E-state index is 11.9. The smallest absolute Gasteiger partial charge is 0.407 e. The zero-order valence-corrected chi connectivity index (χ0v) is 16.8. The largest absolute Gasteiger partial charge is 0.444 e. The highest BCUT2D eigenvalue weighted by molar-refractivity contribution is 5.68. The van der Waals surface area contributed by atoms with Crippen LogP contribution >= 0.6 is 0 Å². The Hall–Kier alpha value is -2.02. The van der Waals surface area contributed by atoms with Crippen molar-refractivity contribution in [3.05, 3.63) is 23.8 Å². The molecule has 2 heterocycles. The molecular weight excluding hydrogens is 332 g/mol. The van der Waals surface area contributed by atoms with Crippen LogP contribution in [0.5, 0.6) is 0 Å². The molecule has 0 spiro atoms. The summed E-state index contributed by atoms with van der Waals surface area (Å²) in [5, 5.41) is 2.97. The molecule has 1 N–H and O–H groups in total. The zero-order chi connectivity index (χ0) is 19.3. The second-order valence-electron chi connectivity index (χ2n) is 7.62. The molecule has 7 heteroatoms. The van der Waals surface area contributed by atoms with Crippen LogP contribution in [-0.2, 0) is 9.47 Å². The molecule has 1 fully saturated rings. The minimum absolute atomic E-state index is 0.0634. The molecule has 0 radical (unpaired) electrons. The van der Waals surface area contributed by atoms with Crippen LogP contribution < -0.4 is 15.7 Å². The van der Waals surface area contributed by atoms with Crippen molar-refractivity contribution in [3.8, 4) is 0 Å². The Labute approximate surface area is 156 Å². The summed E-state index contributed by atoms with van der Waals surface area (Å²) in [5.74, 6) is 0. The molecular formula is C19H32N4O3. The van der Waals surface area contributed by atoms with E-state index in [0.717, 1.165) is 37.1 Å². The summed E-state index contributed by atoms with van der Waals surface area (Å²) in [6.45, 7) is 9.37. The van der Waals surface area contributed by atoms with Crippen LogP contribution in [0.4, 0.5) is 10.5 Å². The first kappa shape index (κ1) is 20.3. The van der Waals surface area contributed by atoms with Gasteiger partial charge in [0.15, 0.2) is 0 Å². The maximum Gasteiger partial charge on any atom is 0.407 e. The van der Waals surface area contributed by atoms with Gasteiger partial charge in [0.05, 0.1) is 0 Å². The molecule has 1 saturated heterocycles. The molecule has 1 aromatic heterocycles. The van der Waals surface area contributed by atoms with Crippen molar-refractivity contribution in [2.45, 2.75) is 58.4 Å². The van der Waals surface area contributed by atoms with Crippen molar-refractivity contribution in [2.75, 3.05) is 32.1 Å². The molecule has 0 aromatic carbocycles. The molecule has 1 aromatic rings. The molecule has 146 valence electrons. The van der Waals surface area contributed by atoms with Crippen molar-refractivity contribution in [1.82, 2.24) is 9.88 Å². The van der Waals surface area contributed by atoms with Gasteiger partial charge in [-0.3, -0.25) is 4.99 Å². The molecule has 1 atom stereocenters. The average Bonchev–Trinajstić information content (AvgIpc) is 2.59. The second kappa shape index (κ2) is 8.58. The number of carbonyl (C=O) groups is 1. The number of piperidine rings is 1. The van der Waals surface area contributed by atoms with E-state index in [1.165, 1.54) is 0 Å². The van der Waals surface area contributed by atoms with Crippen molar-refractivity contribution in [3.63, 3.8) is 0 Å². The number of hydrogen-bond donors (Lipinski definition) is 1. The van der Waals surface area contributed by atoms with Crippen LogP contribution in [0.3, 0.4) is 0 Å². The van der Waals surface area contributed by atoms with E-state index in [9.17, 15) is 4.79 Å². The number of carbonyl (C=O) groups excluding carboxylic acids is 1. The highest BCUT2D eigenvalue weighted by Gasteiger charge is 2.24. The van der Waals surface area contributed by atoms with Crippen LogP contribution in [0.1, 0.15) is 46.8 Å². The Morgan fingerprint density at radius 1 is 1.35 bits per heavy atom. The molecule has 0 saturated carbocycles. The number of ether oxygens (including phenoxy) is 2. The highest BCUT2D eigenvalue weighted by Crippen LogP contribution is 2.19. The molecule has 1 unspecified atom stereocenters. The molecule has 2 rings (SSSR count). The first-order chi connectivity index (χ1) is 12.2. The van der Waals surface area contributed by atoms with Gasteiger partial charge in [0.1, 0.15) is 17.3 Å². The van der Waals surface area contributed by atoms with Gasteiger partial charge in [0.25, 0.3) is 0 Å². The minimum atomic E-state index is -0.469. The number of methoxy groups -OCH3 is 1. The fraction of sp³-hybridized carbons (Fsp3) is 0.684. The topological polar surface area (TPSA) is 68.1 Å². The van der Waals surface area contributed by atoms with E-state index in [1.54, 1.807) is 14.2 Å². The molecule has 0 bridgehead atoms. The van der Waals surface area contributed by atoms with Crippen molar-refractivity contribution in [2.24, 2.45) is 4.99 Å². The van der Waals surface area contributed by atoms with Gasteiger partial charge >= 0.3 is 6.09 Å². The Balaban J connectivity index is 1.97. The van der Waals surface area contributed by atoms with E-state index in [-0.39, 0.29) is 18.4 Å². The SMILES string of the molecule is C/N=c1/cc(N2CCC(NC(=O)OC(C)(C)C)CC2)ccn1C(C)OC. The lowest BCUT2D eigenvalue weighted by atomic mass is 10.0. The predicted molar refractivity (Wildman–Crippen MR) is 102 cm³/mol. The monoisotopic (exact) mass is 364 g/mol. The van der Waals surface area contributed by atoms with Crippen LogP contribution in [0.2, 0.25) is 0 Å². The van der Waals surface area contributed by atoms with Gasteiger partial charge in [-0.25, -0.2) is 4.79 Å². The summed E-state index contributed by atoms with van der Waals surface area (Å²) in [6, 6.07) is 4.32. The standard InChI is InChI=1S/C19H32N4O3/c1-14(25-6)23-12-9-16(13-17(23)20-5)22-10-7-15(8-11-22)21-18(24)26-19(2,3)4/h9,12-15H,7-8,10-11H2,1-6H3,(H,21,24)/b20-17-. The number of anilines is 1. The van der Waals surface area contributed by atoms with Crippen molar-refractivity contribution in [1.29, 1.82) is 0 Å². The number of rotatable bonds is 4. The number of nitrogens with one attached hydrogen (secondary N) is 1. The van der Waals surface area contributed by atoms with Crippen LogP contribution in [0.15, 0.2) is 23.3 Å². The Morgan fingerprint density at radius 2 is 2.00 bits per heavy atom. The predicted octanol–water partition coefficient (Wildman–Crippen LogP) is 2.68.